The zero-order valence-corrected chi connectivity index (χ0v) is 5.66. The molecule has 0 spiro atoms. The van der Waals surface area contributed by atoms with E-state index in [9.17, 15) is 0 Å². The molecule has 0 aromatic heterocycles. The van der Waals surface area contributed by atoms with Crippen molar-refractivity contribution >= 4 is 35.3 Å². The summed E-state index contributed by atoms with van der Waals surface area (Å²) in [4.78, 5) is 7.58. The van der Waals surface area contributed by atoms with Gasteiger partial charge in [0.1, 0.15) is 6.34 Å². The van der Waals surface area contributed by atoms with Crippen LogP contribution in [-0.4, -0.2) is 16.8 Å². The van der Waals surface area contributed by atoms with E-state index < -0.39 is 0 Å². The number of hydrogen-bond donors (Lipinski definition) is 1. The fourth-order valence-electron chi connectivity index (χ4n) is 0.278. The molecule has 0 radical (unpaired) electrons. The van der Waals surface area contributed by atoms with Gasteiger partial charge in [0, 0.05) is 0 Å². The van der Waals surface area contributed by atoms with Crippen molar-refractivity contribution < 1.29 is 0 Å². The monoisotopic (exact) mass is 209 g/mol. The molecule has 1 aliphatic rings. The van der Waals surface area contributed by atoms with Crippen molar-refractivity contribution in [3.05, 3.63) is 0 Å². The quantitative estimate of drug-likeness (QED) is 0.349. The van der Waals surface area contributed by atoms with Crippen LogP contribution in [0.5, 0.6) is 0 Å². The largest absolute Gasteiger partial charge is 0.346 e. The first kappa shape index (κ1) is 5.02. The van der Waals surface area contributed by atoms with Crippen LogP contribution in [0.3, 0.4) is 0 Å². The lowest BCUT2D eigenvalue weighted by molar-refractivity contribution is 0.900. The van der Waals surface area contributed by atoms with Gasteiger partial charge in [-0.25, -0.2) is 9.98 Å². The molecule has 0 amide bonds. The fraction of sp³-hybridized carbons (Fsp3) is 0.333. The van der Waals surface area contributed by atoms with Crippen molar-refractivity contribution in [2.75, 3.05) is 0 Å². The Bertz CT molecular complexity index is 109. The lowest BCUT2D eigenvalue weighted by Crippen LogP contribution is -2.21. The standard InChI is InChI=1S/C3H4IN3/c4-3-6-1-5-2-7-3/h1-3H,(H,5,6,7). The highest BCUT2D eigenvalue weighted by Crippen LogP contribution is 1.96. The van der Waals surface area contributed by atoms with Gasteiger partial charge in [-0.15, -0.1) is 0 Å². The lowest BCUT2D eigenvalue weighted by Gasteiger charge is -2.03. The topological polar surface area (TPSA) is 36.8 Å². The van der Waals surface area contributed by atoms with Gasteiger partial charge in [0.05, 0.1) is 6.34 Å². The Kier molecular flexibility index (Phi) is 1.61. The van der Waals surface area contributed by atoms with Crippen LogP contribution in [0.25, 0.3) is 0 Å². The maximum Gasteiger partial charge on any atom is 0.173 e. The number of alkyl halides is 1. The molecule has 1 aliphatic heterocycles. The van der Waals surface area contributed by atoms with E-state index in [4.69, 9.17) is 0 Å². The summed E-state index contributed by atoms with van der Waals surface area (Å²) in [6.07, 6.45) is 3.16. The van der Waals surface area contributed by atoms with E-state index in [1.807, 2.05) is 0 Å². The molecule has 0 aromatic rings. The predicted octanol–water partition coefficient (Wildman–Crippen LogP) is 0.365. The Balaban J connectivity index is 2.49. The Morgan fingerprint density at radius 1 is 1.71 bits per heavy atom. The number of aliphatic imine (C=N–C) groups is 2. The average Bonchev–Trinajstić information content (AvgIpc) is 1.69. The second-order valence-electron chi connectivity index (χ2n) is 1.05. The van der Waals surface area contributed by atoms with Gasteiger partial charge in [-0.2, -0.15) is 0 Å². The van der Waals surface area contributed by atoms with Gasteiger partial charge in [0.2, 0.25) is 0 Å². The van der Waals surface area contributed by atoms with Crippen LogP contribution >= 0.6 is 22.6 Å². The molecule has 0 aromatic carbocycles. The summed E-state index contributed by atoms with van der Waals surface area (Å²) in [7, 11) is 0. The third kappa shape index (κ3) is 1.42. The number of hydrogen-bond acceptors (Lipinski definition) is 3. The molecule has 1 N–H and O–H groups in total. The lowest BCUT2D eigenvalue weighted by atomic mass is 10.9. The number of halogens is 1. The first-order chi connectivity index (χ1) is 3.39. The van der Waals surface area contributed by atoms with Crippen LogP contribution in [0.1, 0.15) is 0 Å². The van der Waals surface area contributed by atoms with Crippen LogP contribution in [-0.2, 0) is 0 Å². The van der Waals surface area contributed by atoms with Gasteiger partial charge in [-0.3, -0.25) is 0 Å². The van der Waals surface area contributed by atoms with Gasteiger partial charge < -0.3 is 5.32 Å². The molecular weight excluding hydrogens is 205 g/mol. The average molecular weight is 209 g/mol. The van der Waals surface area contributed by atoms with E-state index in [0.717, 1.165) is 0 Å². The summed E-state index contributed by atoms with van der Waals surface area (Å²) in [5.41, 5.74) is 0. The zero-order valence-electron chi connectivity index (χ0n) is 3.50. The van der Waals surface area contributed by atoms with E-state index in [0.29, 0.717) is 0 Å². The summed E-state index contributed by atoms with van der Waals surface area (Å²) in [5, 5.41) is 2.88. The number of nitrogens with zero attached hydrogens (tertiary/aromatic N) is 2. The predicted molar refractivity (Wildman–Crippen MR) is 37.9 cm³/mol. The van der Waals surface area contributed by atoms with E-state index in [1.165, 1.54) is 6.34 Å². The Hall–Kier alpha value is -0.130. The highest BCUT2D eigenvalue weighted by atomic mass is 127. The molecule has 1 rings (SSSR count). The summed E-state index contributed by atoms with van der Waals surface area (Å²) in [6, 6.07) is 0. The maximum atomic E-state index is 3.88. The van der Waals surface area contributed by atoms with Crippen molar-refractivity contribution in [3.8, 4) is 0 Å². The molecule has 38 valence electrons. The highest BCUT2D eigenvalue weighted by Gasteiger charge is 1.94. The van der Waals surface area contributed by atoms with Crippen molar-refractivity contribution in [1.29, 1.82) is 0 Å². The molecule has 1 atom stereocenters. The van der Waals surface area contributed by atoms with E-state index in [2.05, 4.69) is 37.9 Å². The molecular formula is C3H4IN3. The minimum Gasteiger partial charge on any atom is -0.346 e. The molecule has 0 bridgehead atoms. The first-order valence-corrected chi connectivity index (χ1v) is 3.07. The number of nitrogens with one attached hydrogen (secondary N) is 1. The summed E-state index contributed by atoms with van der Waals surface area (Å²) in [5.74, 6) is 0. The van der Waals surface area contributed by atoms with Gasteiger partial charge in [-0.05, 0) is 22.6 Å². The molecule has 3 nitrogen and oxygen atoms in total. The fourth-order valence-corrected chi connectivity index (χ4v) is 0.583. The molecule has 7 heavy (non-hydrogen) atoms. The van der Waals surface area contributed by atoms with Crippen LogP contribution in [0.4, 0.5) is 0 Å². The van der Waals surface area contributed by atoms with E-state index in [1.54, 1.807) is 6.34 Å². The second-order valence-corrected chi connectivity index (χ2v) is 2.23. The van der Waals surface area contributed by atoms with Crippen LogP contribution in [0.15, 0.2) is 9.98 Å². The normalized spacial score (nSPS) is 27.3. The molecule has 0 fully saturated rings. The van der Waals surface area contributed by atoms with Crippen molar-refractivity contribution in [3.63, 3.8) is 0 Å². The maximum absolute atomic E-state index is 3.88. The van der Waals surface area contributed by atoms with Crippen molar-refractivity contribution in [1.82, 2.24) is 5.32 Å². The van der Waals surface area contributed by atoms with Crippen LogP contribution < -0.4 is 5.32 Å². The third-order valence-electron chi connectivity index (χ3n) is 0.551. The summed E-state index contributed by atoms with van der Waals surface area (Å²) < 4.78 is 0.176. The van der Waals surface area contributed by atoms with Crippen molar-refractivity contribution in [2.45, 2.75) is 4.17 Å². The van der Waals surface area contributed by atoms with E-state index >= 15 is 0 Å². The minimum absolute atomic E-state index is 0.176. The van der Waals surface area contributed by atoms with Crippen molar-refractivity contribution in [2.24, 2.45) is 9.98 Å². The SMILES string of the molecule is IC1N=CN=CN1. The third-order valence-corrected chi connectivity index (χ3v) is 1.23. The smallest absolute Gasteiger partial charge is 0.173 e. The molecule has 0 aliphatic carbocycles. The number of rotatable bonds is 0. The first-order valence-electron chi connectivity index (χ1n) is 1.83. The van der Waals surface area contributed by atoms with Gasteiger partial charge in [0.25, 0.3) is 0 Å². The highest BCUT2D eigenvalue weighted by molar-refractivity contribution is 14.1. The van der Waals surface area contributed by atoms with E-state index in [-0.39, 0.29) is 4.17 Å². The van der Waals surface area contributed by atoms with Gasteiger partial charge in [-0.1, -0.05) is 0 Å². The zero-order chi connectivity index (χ0) is 5.11. The van der Waals surface area contributed by atoms with Gasteiger partial charge in [0.15, 0.2) is 4.17 Å². The summed E-state index contributed by atoms with van der Waals surface area (Å²) in [6.45, 7) is 0. The molecule has 0 saturated carbocycles. The minimum atomic E-state index is 0.176. The second kappa shape index (κ2) is 2.25. The van der Waals surface area contributed by atoms with Crippen LogP contribution in [0, 0.1) is 0 Å². The van der Waals surface area contributed by atoms with Crippen LogP contribution in [0.2, 0.25) is 0 Å². The molecule has 4 heteroatoms. The Labute approximate surface area is 55.1 Å². The summed E-state index contributed by atoms with van der Waals surface area (Å²) >= 11 is 2.16. The van der Waals surface area contributed by atoms with Gasteiger partial charge >= 0.3 is 0 Å². The Morgan fingerprint density at radius 2 is 2.57 bits per heavy atom. The Morgan fingerprint density at radius 3 is 2.86 bits per heavy atom. The molecule has 0 saturated heterocycles. The molecule has 1 heterocycles. The molecule has 1 unspecified atom stereocenters.